The molecule has 2 N–H and O–H groups in total. The number of hydrogen-bond acceptors (Lipinski definition) is 4. The van der Waals surface area contributed by atoms with Crippen molar-refractivity contribution in [2.45, 2.75) is 6.54 Å². The lowest BCUT2D eigenvalue weighted by molar-refractivity contribution is 0.525. The van der Waals surface area contributed by atoms with Crippen molar-refractivity contribution >= 4 is 5.95 Å². The van der Waals surface area contributed by atoms with E-state index in [9.17, 15) is 4.39 Å². The van der Waals surface area contributed by atoms with Crippen molar-refractivity contribution in [3.8, 4) is 11.3 Å². The molecule has 0 saturated heterocycles. The van der Waals surface area contributed by atoms with Gasteiger partial charge < -0.3 is 9.73 Å². The van der Waals surface area contributed by atoms with Crippen LogP contribution < -0.4 is 5.32 Å². The van der Waals surface area contributed by atoms with Crippen LogP contribution >= 0.6 is 0 Å². The van der Waals surface area contributed by atoms with E-state index in [1.165, 1.54) is 12.4 Å². The van der Waals surface area contributed by atoms with Gasteiger partial charge in [-0.15, -0.1) is 0 Å². The van der Waals surface area contributed by atoms with E-state index in [1.54, 1.807) is 30.3 Å². The predicted molar refractivity (Wildman–Crippen MR) is 67.8 cm³/mol. The number of nitrogens with one attached hydrogen (secondary N) is 2. The number of aromatic amines is 1. The Morgan fingerprint density at radius 2 is 2.11 bits per heavy atom. The molecule has 0 bridgehead atoms. The Kier molecular flexibility index (Phi) is 2.97. The molecular formula is C13H11FN4O. The third-order valence-corrected chi connectivity index (χ3v) is 2.65. The van der Waals surface area contributed by atoms with Gasteiger partial charge in [0.25, 0.3) is 0 Å². The van der Waals surface area contributed by atoms with Crippen molar-refractivity contribution in [1.82, 2.24) is 15.2 Å². The molecule has 0 saturated carbocycles. The number of benzene rings is 1. The fourth-order valence-corrected chi connectivity index (χ4v) is 1.74. The van der Waals surface area contributed by atoms with Crippen molar-refractivity contribution in [2.24, 2.45) is 0 Å². The molecule has 0 atom stereocenters. The number of hydrogen-bond donors (Lipinski definition) is 2. The van der Waals surface area contributed by atoms with Crippen LogP contribution in [0, 0.1) is 5.82 Å². The van der Waals surface area contributed by atoms with Gasteiger partial charge in [0.15, 0.2) is 0 Å². The van der Waals surface area contributed by atoms with Gasteiger partial charge in [0.2, 0.25) is 5.95 Å². The van der Waals surface area contributed by atoms with Gasteiger partial charge in [-0.25, -0.2) is 14.5 Å². The van der Waals surface area contributed by atoms with Crippen LogP contribution in [0.3, 0.4) is 0 Å². The van der Waals surface area contributed by atoms with Gasteiger partial charge in [0.1, 0.15) is 23.7 Å². The number of halogens is 1. The minimum atomic E-state index is -0.299. The first kappa shape index (κ1) is 11.5. The molecule has 1 aromatic carbocycles. The largest absolute Gasteiger partial charge is 0.459 e. The Bertz CT molecular complexity index is 663. The SMILES string of the molecule is Fc1ccccc1-c1ccc(CNc2ncn[nH]2)o1. The maximum Gasteiger partial charge on any atom is 0.218 e. The van der Waals surface area contributed by atoms with Crippen LogP contribution in [0.25, 0.3) is 11.3 Å². The number of nitrogens with zero attached hydrogens (tertiary/aromatic N) is 2. The molecular weight excluding hydrogens is 247 g/mol. The fraction of sp³-hybridized carbons (Fsp3) is 0.0769. The summed E-state index contributed by atoms with van der Waals surface area (Å²) in [6.45, 7) is 0.448. The standard InChI is InChI=1S/C13H11FN4O/c14-11-4-2-1-3-10(11)12-6-5-9(19-12)7-15-13-16-8-17-18-13/h1-6,8H,7H2,(H2,15,16,17,18). The number of furan rings is 1. The predicted octanol–water partition coefficient (Wildman–Crippen LogP) is 2.82. The van der Waals surface area contributed by atoms with Crippen molar-refractivity contribution < 1.29 is 8.81 Å². The molecule has 0 radical (unpaired) electrons. The summed E-state index contributed by atoms with van der Waals surface area (Å²) < 4.78 is 19.2. The molecule has 19 heavy (non-hydrogen) atoms. The molecule has 0 unspecified atom stereocenters. The lowest BCUT2D eigenvalue weighted by Gasteiger charge is -2.00. The van der Waals surface area contributed by atoms with Crippen LogP contribution in [0.5, 0.6) is 0 Å². The van der Waals surface area contributed by atoms with Gasteiger partial charge in [0.05, 0.1) is 12.1 Å². The van der Waals surface area contributed by atoms with Gasteiger partial charge in [-0.1, -0.05) is 12.1 Å². The Balaban J connectivity index is 1.75. The van der Waals surface area contributed by atoms with Crippen LogP contribution in [0.2, 0.25) is 0 Å². The Labute approximate surface area is 108 Å². The zero-order chi connectivity index (χ0) is 13.1. The first-order chi connectivity index (χ1) is 9.33. The zero-order valence-corrected chi connectivity index (χ0v) is 9.93. The van der Waals surface area contributed by atoms with E-state index < -0.39 is 0 Å². The van der Waals surface area contributed by atoms with E-state index in [0.29, 0.717) is 29.6 Å². The van der Waals surface area contributed by atoms with Crippen LogP contribution in [0.4, 0.5) is 10.3 Å². The van der Waals surface area contributed by atoms with E-state index in [1.807, 2.05) is 0 Å². The molecule has 0 aliphatic rings. The van der Waals surface area contributed by atoms with Crippen molar-refractivity contribution in [1.29, 1.82) is 0 Å². The third kappa shape index (κ3) is 2.47. The molecule has 0 aliphatic carbocycles. The second-order valence-electron chi connectivity index (χ2n) is 3.93. The quantitative estimate of drug-likeness (QED) is 0.755. The van der Waals surface area contributed by atoms with Crippen molar-refractivity contribution in [3.05, 3.63) is 54.3 Å². The molecule has 3 rings (SSSR count). The zero-order valence-electron chi connectivity index (χ0n) is 9.93. The minimum Gasteiger partial charge on any atom is -0.459 e. The summed E-state index contributed by atoms with van der Waals surface area (Å²) in [5.74, 6) is 1.46. The van der Waals surface area contributed by atoms with E-state index in [4.69, 9.17) is 4.42 Å². The topological polar surface area (TPSA) is 66.7 Å². The number of anilines is 1. The first-order valence-corrected chi connectivity index (χ1v) is 5.76. The van der Waals surface area contributed by atoms with Gasteiger partial charge in [-0.2, -0.15) is 5.10 Å². The average Bonchev–Trinajstić information content (AvgIpc) is 3.08. The van der Waals surface area contributed by atoms with E-state index in [0.717, 1.165) is 0 Å². The molecule has 96 valence electrons. The molecule has 0 spiro atoms. The molecule has 0 fully saturated rings. The normalized spacial score (nSPS) is 10.6. The van der Waals surface area contributed by atoms with E-state index in [-0.39, 0.29) is 5.82 Å². The summed E-state index contributed by atoms with van der Waals surface area (Å²) in [6, 6.07) is 10.1. The first-order valence-electron chi connectivity index (χ1n) is 5.76. The summed E-state index contributed by atoms with van der Waals surface area (Å²) in [5.41, 5.74) is 0.452. The molecule has 2 heterocycles. The Morgan fingerprint density at radius 3 is 2.89 bits per heavy atom. The number of H-pyrrole nitrogens is 1. The number of aromatic nitrogens is 3. The highest BCUT2D eigenvalue weighted by Crippen LogP contribution is 2.24. The van der Waals surface area contributed by atoms with Crippen LogP contribution in [-0.4, -0.2) is 15.2 Å². The monoisotopic (exact) mass is 258 g/mol. The van der Waals surface area contributed by atoms with Crippen LogP contribution in [-0.2, 0) is 6.54 Å². The number of rotatable bonds is 4. The summed E-state index contributed by atoms with van der Waals surface area (Å²) >= 11 is 0. The summed E-state index contributed by atoms with van der Waals surface area (Å²) in [5, 5.41) is 9.40. The highest BCUT2D eigenvalue weighted by atomic mass is 19.1. The smallest absolute Gasteiger partial charge is 0.218 e. The van der Waals surface area contributed by atoms with Gasteiger partial charge in [0, 0.05) is 0 Å². The molecule has 5 nitrogen and oxygen atoms in total. The highest BCUT2D eigenvalue weighted by Gasteiger charge is 2.09. The molecule has 0 aliphatic heterocycles. The maximum absolute atomic E-state index is 13.6. The maximum atomic E-state index is 13.6. The molecule has 0 amide bonds. The van der Waals surface area contributed by atoms with Crippen LogP contribution in [0.15, 0.2) is 47.1 Å². The molecule has 3 aromatic rings. The van der Waals surface area contributed by atoms with Crippen molar-refractivity contribution in [3.63, 3.8) is 0 Å². The lowest BCUT2D eigenvalue weighted by Crippen LogP contribution is -1.99. The van der Waals surface area contributed by atoms with Gasteiger partial charge in [-0.05, 0) is 24.3 Å². The van der Waals surface area contributed by atoms with Crippen molar-refractivity contribution in [2.75, 3.05) is 5.32 Å². The average molecular weight is 258 g/mol. The second-order valence-corrected chi connectivity index (χ2v) is 3.93. The summed E-state index contributed by atoms with van der Waals surface area (Å²) in [4.78, 5) is 3.93. The van der Waals surface area contributed by atoms with Gasteiger partial charge >= 0.3 is 0 Å². The third-order valence-electron chi connectivity index (χ3n) is 2.65. The fourth-order valence-electron chi connectivity index (χ4n) is 1.74. The summed E-state index contributed by atoms with van der Waals surface area (Å²) in [7, 11) is 0. The summed E-state index contributed by atoms with van der Waals surface area (Å²) in [6.07, 6.45) is 1.41. The van der Waals surface area contributed by atoms with Gasteiger partial charge in [-0.3, -0.25) is 0 Å². The van der Waals surface area contributed by atoms with Crippen LogP contribution in [0.1, 0.15) is 5.76 Å². The molecule has 6 heteroatoms. The Hall–Kier alpha value is -2.63. The lowest BCUT2D eigenvalue weighted by atomic mass is 10.1. The Morgan fingerprint density at radius 1 is 1.21 bits per heavy atom. The molecule has 2 aromatic heterocycles. The van der Waals surface area contributed by atoms with E-state index >= 15 is 0 Å². The highest BCUT2D eigenvalue weighted by molar-refractivity contribution is 5.58. The minimum absolute atomic E-state index is 0.299. The van der Waals surface area contributed by atoms with E-state index in [2.05, 4.69) is 20.5 Å². The second kappa shape index (κ2) is 4.93.